The highest BCUT2D eigenvalue weighted by Crippen LogP contribution is 2.12. The largest absolute Gasteiger partial charge is 0.362 e. The first-order valence-corrected chi connectivity index (χ1v) is 4.92. The van der Waals surface area contributed by atoms with Crippen molar-refractivity contribution >= 4 is 11.8 Å². The van der Waals surface area contributed by atoms with Crippen molar-refractivity contribution in [3.05, 3.63) is 12.0 Å². The third kappa shape index (κ3) is 3.92. The number of alkyl halides is 2. The molecular formula is C9H13F3N4. The Hall–Kier alpha value is -1.53. The molecule has 0 aliphatic rings. The molecule has 0 fully saturated rings. The molecule has 1 heterocycles. The lowest BCUT2D eigenvalue weighted by molar-refractivity contribution is 0.163. The Bertz CT molecular complexity index is 333. The standard InChI is InChI=1S/C9H13F3N4/c1-2-3-13-9-15-4-6(10)8(16-9)14-5-7(11)12/h4,7H,2-3,5H2,1H3,(H2,13,14,15,16). The minimum Gasteiger partial charge on any atom is -0.362 e. The van der Waals surface area contributed by atoms with Crippen LogP contribution >= 0.6 is 0 Å². The second kappa shape index (κ2) is 6.14. The van der Waals surface area contributed by atoms with E-state index < -0.39 is 18.8 Å². The maximum atomic E-state index is 13.1. The van der Waals surface area contributed by atoms with Crippen molar-refractivity contribution < 1.29 is 13.2 Å². The van der Waals surface area contributed by atoms with Crippen LogP contribution in [0.5, 0.6) is 0 Å². The lowest BCUT2D eigenvalue weighted by atomic mass is 10.5. The summed E-state index contributed by atoms with van der Waals surface area (Å²) in [5.41, 5.74) is 0. The van der Waals surface area contributed by atoms with E-state index in [1.54, 1.807) is 0 Å². The lowest BCUT2D eigenvalue weighted by Crippen LogP contribution is -2.14. The second-order valence-corrected chi connectivity index (χ2v) is 3.09. The fourth-order valence-electron chi connectivity index (χ4n) is 0.987. The van der Waals surface area contributed by atoms with E-state index in [1.807, 2.05) is 6.92 Å². The van der Waals surface area contributed by atoms with E-state index in [0.717, 1.165) is 12.6 Å². The highest BCUT2D eigenvalue weighted by Gasteiger charge is 2.08. The summed E-state index contributed by atoms with van der Waals surface area (Å²) in [5, 5.41) is 5.05. The van der Waals surface area contributed by atoms with E-state index in [0.29, 0.717) is 6.54 Å². The first kappa shape index (κ1) is 12.5. The summed E-state index contributed by atoms with van der Waals surface area (Å²) in [6, 6.07) is 0. The average Bonchev–Trinajstić information content (AvgIpc) is 2.26. The fourth-order valence-corrected chi connectivity index (χ4v) is 0.987. The molecule has 0 unspecified atom stereocenters. The van der Waals surface area contributed by atoms with Crippen LogP contribution in [0, 0.1) is 5.82 Å². The maximum absolute atomic E-state index is 13.1. The molecule has 0 aliphatic heterocycles. The zero-order chi connectivity index (χ0) is 12.0. The van der Waals surface area contributed by atoms with Crippen LogP contribution in [0.4, 0.5) is 24.9 Å². The number of anilines is 2. The Balaban J connectivity index is 2.66. The number of nitrogens with one attached hydrogen (secondary N) is 2. The molecule has 0 radical (unpaired) electrons. The van der Waals surface area contributed by atoms with Crippen LogP contribution in [0.15, 0.2) is 6.20 Å². The SMILES string of the molecule is CCCNc1ncc(F)c(NCC(F)F)n1. The molecule has 90 valence electrons. The van der Waals surface area contributed by atoms with Crippen molar-refractivity contribution in [3.63, 3.8) is 0 Å². The Morgan fingerprint density at radius 1 is 1.38 bits per heavy atom. The number of nitrogens with zero attached hydrogens (tertiary/aromatic N) is 2. The van der Waals surface area contributed by atoms with Crippen LogP contribution in [0.1, 0.15) is 13.3 Å². The van der Waals surface area contributed by atoms with Crippen LogP contribution in [-0.4, -0.2) is 29.5 Å². The molecule has 16 heavy (non-hydrogen) atoms. The smallest absolute Gasteiger partial charge is 0.255 e. The molecule has 0 saturated carbocycles. The van der Waals surface area contributed by atoms with Gasteiger partial charge in [0.05, 0.1) is 12.7 Å². The van der Waals surface area contributed by atoms with E-state index in [4.69, 9.17) is 0 Å². The Labute approximate surface area is 91.3 Å². The molecule has 1 rings (SSSR count). The van der Waals surface area contributed by atoms with Gasteiger partial charge in [-0.2, -0.15) is 4.98 Å². The molecule has 1 aromatic rings. The van der Waals surface area contributed by atoms with E-state index in [2.05, 4.69) is 20.6 Å². The summed E-state index contributed by atoms with van der Waals surface area (Å²) in [4.78, 5) is 7.42. The minimum absolute atomic E-state index is 0.214. The first-order chi connectivity index (χ1) is 7.63. The van der Waals surface area contributed by atoms with Crippen molar-refractivity contribution in [2.45, 2.75) is 19.8 Å². The highest BCUT2D eigenvalue weighted by atomic mass is 19.3. The third-order valence-electron chi connectivity index (χ3n) is 1.70. The number of halogens is 3. The molecule has 0 aromatic carbocycles. The van der Waals surface area contributed by atoms with E-state index in [9.17, 15) is 13.2 Å². The second-order valence-electron chi connectivity index (χ2n) is 3.09. The van der Waals surface area contributed by atoms with Gasteiger partial charge in [-0.3, -0.25) is 0 Å². The van der Waals surface area contributed by atoms with Gasteiger partial charge < -0.3 is 10.6 Å². The monoisotopic (exact) mass is 234 g/mol. The van der Waals surface area contributed by atoms with E-state index in [1.165, 1.54) is 0 Å². The Morgan fingerprint density at radius 2 is 2.12 bits per heavy atom. The van der Waals surface area contributed by atoms with E-state index in [-0.39, 0.29) is 11.8 Å². The van der Waals surface area contributed by atoms with Crippen LogP contribution in [0.3, 0.4) is 0 Å². The normalized spacial score (nSPS) is 10.6. The van der Waals surface area contributed by atoms with Gasteiger partial charge in [0.2, 0.25) is 5.95 Å². The molecule has 0 aliphatic carbocycles. The van der Waals surface area contributed by atoms with Gasteiger partial charge in [0.15, 0.2) is 11.6 Å². The van der Waals surface area contributed by atoms with E-state index >= 15 is 0 Å². The zero-order valence-electron chi connectivity index (χ0n) is 8.80. The topological polar surface area (TPSA) is 49.8 Å². The molecular weight excluding hydrogens is 221 g/mol. The quantitative estimate of drug-likeness (QED) is 0.791. The van der Waals surface area contributed by atoms with Crippen molar-refractivity contribution in [3.8, 4) is 0 Å². The van der Waals surface area contributed by atoms with Gasteiger partial charge >= 0.3 is 0 Å². The molecule has 4 nitrogen and oxygen atoms in total. The van der Waals surface area contributed by atoms with Gasteiger partial charge in [0.25, 0.3) is 6.43 Å². The summed E-state index contributed by atoms with van der Waals surface area (Å²) in [7, 11) is 0. The fraction of sp³-hybridized carbons (Fsp3) is 0.556. The zero-order valence-corrected chi connectivity index (χ0v) is 8.80. The predicted molar refractivity (Wildman–Crippen MR) is 55.3 cm³/mol. The third-order valence-corrected chi connectivity index (χ3v) is 1.70. The summed E-state index contributed by atoms with van der Waals surface area (Å²) < 4.78 is 36.9. The van der Waals surface area contributed by atoms with Gasteiger partial charge in [-0.05, 0) is 6.42 Å². The Kier molecular flexibility index (Phi) is 4.81. The molecule has 0 saturated heterocycles. The summed E-state index contributed by atoms with van der Waals surface area (Å²) >= 11 is 0. The van der Waals surface area contributed by atoms with Crippen molar-refractivity contribution in [2.24, 2.45) is 0 Å². The summed E-state index contributed by atoms with van der Waals surface area (Å²) in [6.45, 7) is 1.95. The highest BCUT2D eigenvalue weighted by molar-refractivity contribution is 5.40. The van der Waals surface area contributed by atoms with Gasteiger partial charge in [-0.1, -0.05) is 6.92 Å². The molecule has 0 bridgehead atoms. The summed E-state index contributed by atoms with van der Waals surface area (Å²) in [5.74, 6) is -0.739. The van der Waals surface area contributed by atoms with Crippen molar-refractivity contribution in [1.29, 1.82) is 0 Å². The van der Waals surface area contributed by atoms with Crippen molar-refractivity contribution in [2.75, 3.05) is 23.7 Å². The molecule has 2 N–H and O–H groups in total. The molecule has 1 aromatic heterocycles. The predicted octanol–water partition coefficient (Wildman–Crippen LogP) is 2.11. The van der Waals surface area contributed by atoms with Gasteiger partial charge in [-0.15, -0.1) is 0 Å². The summed E-state index contributed by atoms with van der Waals surface area (Å²) in [6.07, 6.45) is -0.749. The van der Waals surface area contributed by atoms with Crippen LogP contribution < -0.4 is 10.6 Å². The minimum atomic E-state index is -2.55. The number of hydrogen-bond donors (Lipinski definition) is 2. The average molecular weight is 234 g/mol. The van der Waals surface area contributed by atoms with Crippen molar-refractivity contribution in [1.82, 2.24) is 9.97 Å². The van der Waals surface area contributed by atoms with Crippen LogP contribution in [-0.2, 0) is 0 Å². The van der Waals surface area contributed by atoms with Gasteiger partial charge in [-0.25, -0.2) is 18.2 Å². The van der Waals surface area contributed by atoms with Gasteiger partial charge in [0.1, 0.15) is 0 Å². The maximum Gasteiger partial charge on any atom is 0.255 e. The number of rotatable bonds is 6. The Morgan fingerprint density at radius 3 is 2.75 bits per heavy atom. The van der Waals surface area contributed by atoms with Gasteiger partial charge in [0, 0.05) is 6.54 Å². The van der Waals surface area contributed by atoms with Crippen LogP contribution in [0.25, 0.3) is 0 Å². The molecule has 0 amide bonds. The van der Waals surface area contributed by atoms with Crippen LogP contribution in [0.2, 0.25) is 0 Å². The number of aromatic nitrogens is 2. The number of hydrogen-bond acceptors (Lipinski definition) is 4. The lowest BCUT2D eigenvalue weighted by Gasteiger charge is -2.08. The molecule has 0 atom stereocenters. The molecule has 0 spiro atoms. The molecule has 7 heteroatoms. The first-order valence-electron chi connectivity index (χ1n) is 4.92.